The number of halogens is 1. The summed E-state index contributed by atoms with van der Waals surface area (Å²) >= 11 is 0. The van der Waals surface area contributed by atoms with E-state index < -0.39 is 11.8 Å². The van der Waals surface area contributed by atoms with Crippen LogP contribution < -0.4 is 9.47 Å². The number of esters is 1. The molecule has 0 aliphatic rings. The number of carbonyl (C=O) groups excluding carboxylic acids is 1. The summed E-state index contributed by atoms with van der Waals surface area (Å²) in [5, 5.41) is 11.4. The molecule has 0 radical (unpaired) electrons. The number of methoxy groups -OCH3 is 1. The van der Waals surface area contributed by atoms with Gasteiger partial charge in [0.1, 0.15) is 5.82 Å². The second-order valence-corrected chi connectivity index (χ2v) is 4.05. The first-order valence-corrected chi connectivity index (χ1v) is 5.97. The minimum Gasteiger partial charge on any atom is -0.493 e. The number of carbonyl (C=O) groups is 1. The van der Waals surface area contributed by atoms with E-state index in [4.69, 9.17) is 14.7 Å². The zero-order chi connectivity index (χ0) is 15.2. The van der Waals surface area contributed by atoms with Crippen molar-refractivity contribution < 1.29 is 23.9 Å². The average Bonchev–Trinajstić information content (AvgIpc) is 2.49. The van der Waals surface area contributed by atoms with E-state index in [1.54, 1.807) is 12.1 Å². The lowest BCUT2D eigenvalue weighted by molar-refractivity contribution is 0.0729. The molecule has 0 aliphatic carbocycles. The molecule has 5 nitrogen and oxygen atoms in total. The van der Waals surface area contributed by atoms with Crippen molar-refractivity contribution >= 4 is 12.2 Å². The van der Waals surface area contributed by atoms with Crippen LogP contribution in [0.25, 0.3) is 0 Å². The van der Waals surface area contributed by atoms with Crippen LogP contribution in [-0.2, 0) is 0 Å². The maximum Gasteiger partial charge on any atom is 0.343 e. The summed E-state index contributed by atoms with van der Waals surface area (Å²) < 4.78 is 23.1. The van der Waals surface area contributed by atoms with Crippen molar-refractivity contribution in [1.82, 2.24) is 0 Å². The van der Waals surface area contributed by atoms with E-state index in [1.165, 1.54) is 43.7 Å². The van der Waals surface area contributed by atoms with Crippen molar-refractivity contribution in [2.75, 3.05) is 7.11 Å². The smallest absolute Gasteiger partial charge is 0.343 e. The highest BCUT2D eigenvalue weighted by molar-refractivity contribution is 5.91. The number of nitrogens with zero attached hydrogens (tertiary/aromatic N) is 1. The summed E-state index contributed by atoms with van der Waals surface area (Å²) in [6.45, 7) is 0. The number of oxime groups is 1. The predicted octanol–water partition coefficient (Wildman–Crippen LogP) is 2.86. The lowest BCUT2D eigenvalue weighted by atomic mass is 10.2. The number of rotatable bonds is 4. The van der Waals surface area contributed by atoms with Crippen LogP contribution in [0, 0.1) is 5.82 Å². The molecule has 0 spiro atoms. The van der Waals surface area contributed by atoms with Crippen molar-refractivity contribution in [3.63, 3.8) is 0 Å². The van der Waals surface area contributed by atoms with Gasteiger partial charge in [0.05, 0.1) is 18.9 Å². The molecular weight excluding hydrogens is 277 g/mol. The highest BCUT2D eigenvalue weighted by Crippen LogP contribution is 2.28. The predicted molar refractivity (Wildman–Crippen MR) is 73.7 cm³/mol. The van der Waals surface area contributed by atoms with Crippen molar-refractivity contribution in [1.29, 1.82) is 0 Å². The largest absolute Gasteiger partial charge is 0.493 e. The Bertz CT molecular complexity index is 668. The van der Waals surface area contributed by atoms with Crippen LogP contribution in [0.2, 0.25) is 0 Å². The van der Waals surface area contributed by atoms with Gasteiger partial charge < -0.3 is 14.7 Å². The first-order chi connectivity index (χ1) is 10.1. The second kappa shape index (κ2) is 6.51. The zero-order valence-corrected chi connectivity index (χ0v) is 11.1. The monoisotopic (exact) mass is 289 g/mol. The number of hydrogen-bond acceptors (Lipinski definition) is 5. The van der Waals surface area contributed by atoms with Crippen molar-refractivity contribution in [3.8, 4) is 11.5 Å². The minimum atomic E-state index is -0.628. The van der Waals surface area contributed by atoms with Gasteiger partial charge in [-0.15, -0.1) is 0 Å². The van der Waals surface area contributed by atoms with E-state index in [0.717, 1.165) is 0 Å². The zero-order valence-electron chi connectivity index (χ0n) is 11.1. The van der Waals surface area contributed by atoms with Gasteiger partial charge in [-0.3, -0.25) is 0 Å². The van der Waals surface area contributed by atoms with Gasteiger partial charge in [0.25, 0.3) is 0 Å². The highest BCUT2D eigenvalue weighted by Gasteiger charge is 2.12. The molecule has 0 atom stereocenters. The maximum atomic E-state index is 12.8. The van der Waals surface area contributed by atoms with Crippen LogP contribution >= 0.6 is 0 Å². The molecule has 1 N–H and O–H groups in total. The first kappa shape index (κ1) is 14.5. The third-order valence-electron chi connectivity index (χ3n) is 2.68. The Balaban J connectivity index is 2.22. The van der Waals surface area contributed by atoms with Gasteiger partial charge in [-0.05, 0) is 42.5 Å². The summed E-state index contributed by atoms with van der Waals surface area (Å²) in [7, 11) is 1.42. The molecule has 0 unspecified atom stereocenters. The summed E-state index contributed by atoms with van der Waals surface area (Å²) in [5.74, 6) is -0.543. The van der Waals surface area contributed by atoms with Crippen molar-refractivity contribution in [3.05, 3.63) is 59.4 Å². The van der Waals surface area contributed by atoms with Gasteiger partial charge in [0, 0.05) is 5.56 Å². The summed E-state index contributed by atoms with van der Waals surface area (Å²) in [6, 6.07) is 9.66. The van der Waals surface area contributed by atoms with Gasteiger partial charge in [0.2, 0.25) is 0 Å². The SMILES string of the molecule is COc1cc(C=NO)ccc1OC(=O)c1ccc(F)cc1. The fraction of sp³-hybridized carbons (Fsp3) is 0.0667. The number of hydrogen-bond donors (Lipinski definition) is 1. The highest BCUT2D eigenvalue weighted by atomic mass is 19.1. The van der Waals surface area contributed by atoms with E-state index in [9.17, 15) is 9.18 Å². The van der Waals surface area contributed by atoms with Crippen LogP contribution in [0.3, 0.4) is 0 Å². The summed E-state index contributed by atoms with van der Waals surface area (Å²) in [4.78, 5) is 11.9. The Morgan fingerprint density at radius 1 is 1.19 bits per heavy atom. The van der Waals surface area contributed by atoms with Crippen LogP contribution in [0.5, 0.6) is 11.5 Å². The molecule has 2 aromatic carbocycles. The van der Waals surface area contributed by atoms with Crippen LogP contribution in [0.1, 0.15) is 15.9 Å². The van der Waals surface area contributed by atoms with Gasteiger partial charge >= 0.3 is 5.97 Å². The normalized spacial score (nSPS) is 10.6. The molecule has 0 heterocycles. The van der Waals surface area contributed by atoms with E-state index in [0.29, 0.717) is 11.3 Å². The van der Waals surface area contributed by atoms with Crippen molar-refractivity contribution in [2.24, 2.45) is 5.16 Å². The van der Waals surface area contributed by atoms with E-state index in [-0.39, 0.29) is 11.3 Å². The molecular formula is C15H12FNO4. The number of benzene rings is 2. The average molecular weight is 289 g/mol. The lowest BCUT2D eigenvalue weighted by Crippen LogP contribution is -2.09. The molecule has 21 heavy (non-hydrogen) atoms. The molecule has 0 amide bonds. The number of ether oxygens (including phenoxy) is 2. The van der Waals surface area contributed by atoms with Gasteiger partial charge in [-0.25, -0.2) is 9.18 Å². The fourth-order valence-electron chi connectivity index (χ4n) is 1.66. The second-order valence-electron chi connectivity index (χ2n) is 4.05. The van der Waals surface area contributed by atoms with Crippen LogP contribution in [0.4, 0.5) is 4.39 Å². The third kappa shape index (κ3) is 3.56. The topological polar surface area (TPSA) is 68.1 Å². The Labute approximate surface area is 120 Å². The van der Waals surface area contributed by atoms with E-state index >= 15 is 0 Å². The van der Waals surface area contributed by atoms with E-state index in [2.05, 4.69) is 5.16 Å². The van der Waals surface area contributed by atoms with Crippen LogP contribution in [0.15, 0.2) is 47.6 Å². The van der Waals surface area contributed by atoms with Gasteiger partial charge in [-0.2, -0.15) is 0 Å². The Hall–Kier alpha value is -2.89. The molecule has 2 aromatic rings. The summed E-state index contributed by atoms with van der Waals surface area (Å²) in [5.41, 5.74) is 0.801. The van der Waals surface area contributed by atoms with Crippen molar-refractivity contribution in [2.45, 2.75) is 0 Å². The molecule has 0 saturated carbocycles. The molecule has 0 fully saturated rings. The van der Waals surface area contributed by atoms with Crippen LogP contribution in [-0.4, -0.2) is 24.5 Å². The Kier molecular flexibility index (Phi) is 4.50. The lowest BCUT2D eigenvalue weighted by Gasteiger charge is -2.09. The minimum absolute atomic E-state index is 0.210. The first-order valence-electron chi connectivity index (χ1n) is 5.97. The Morgan fingerprint density at radius 2 is 1.90 bits per heavy atom. The molecule has 0 saturated heterocycles. The molecule has 0 aliphatic heterocycles. The standard InChI is InChI=1S/C15H12FNO4/c1-20-14-8-10(9-17-19)2-7-13(14)21-15(18)11-3-5-12(16)6-4-11/h2-9,19H,1H3. The molecule has 6 heteroatoms. The summed E-state index contributed by atoms with van der Waals surface area (Å²) in [6.07, 6.45) is 1.22. The molecule has 2 rings (SSSR count). The molecule has 108 valence electrons. The van der Waals surface area contributed by atoms with Gasteiger partial charge in [0.15, 0.2) is 11.5 Å². The Morgan fingerprint density at radius 3 is 2.52 bits per heavy atom. The quantitative estimate of drug-likeness (QED) is 0.309. The molecule has 0 aromatic heterocycles. The third-order valence-corrected chi connectivity index (χ3v) is 2.68. The van der Waals surface area contributed by atoms with E-state index in [1.807, 2.05) is 0 Å². The van der Waals surface area contributed by atoms with Gasteiger partial charge in [-0.1, -0.05) is 5.16 Å². The maximum absolute atomic E-state index is 12.8. The fourth-order valence-corrected chi connectivity index (χ4v) is 1.66. The molecule has 0 bridgehead atoms.